The fourth-order valence-electron chi connectivity index (χ4n) is 8.38. The van der Waals surface area contributed by atoms with Gasteiger partial charge in [0, 0.05) is 33.2 Å². The van der Waals surface area contributed by atoms with E-state index in [-0.39, 0.29) is 0 Å². The van der Waals surface area contributed by atoms with E-state index in [2.05, 4.69) is 176 Å². The standard InChI is InChI=1S/C50H30O2/c1-4-14-31(15-5-1)34-24-26-38-41(28-34)46(33-18-8-3-9-19-33)36-20-10-11-21-37(36)47(38)50-48-39-22-12-13-23-42(39)51-44(48)30-45-49(50)40-27-25-35(29-43(40)52-45)32-16-6-2-7-17-32/h1-30H. The maximum absolute atomic E-state index is 6.81. The molecule has 0 saturated heterocycles. The molecule has 11 aromatic rings. The Balaban J connectivity index is 1.34. The van der Waals surface area contributed by atoms with Crippen molar-refractivity contribution in [3.05, 3.63) is 182 Å². The van der Waals surface area contributed by atoms with Crippen LogP contribution in [0.25, 0.3) is 110 Å². The summed E-state index contributed by atoms with van der Waals surface area (Å²) in [6, 6.07) is 64.9. The summed E-state index contributed by atoms with van der Waals surface area (Å²) in [5, 5.41) is 9.17. The largest absolute Gasteiger partial charge is 0.456 e. The zero-order valence-corrected chi connectivity index (χ0v) is 28.1. The van der Waals surface area contributed by atoms with Crippen LogP contribution in [0.3, 0.4) is 0 Å². The quantitative estimate of drug-likeness (QED) is 0.175. The summed E-state index contributed by atoms with van der Waals surface area (Å²) >= 11 is 0. The fraction of sp³-hybridized carbons (Fsp3) is 0. The van der Waals surface area contributed by atoms with E-state index in [1.165, 1.54) is 49.4 Å². The SMILES string of the molecule is c1ccc(-c2ccc3c(c2)oc2cc4oc5ccccc5c4c(-c4c5ccccc5c(-c5ccccc5)c5cc(-c6ccccc6)ccc45)c23)cc1. The Morgan fingerprint density at radius 2 is 0.692 bits per heavy atom. The number of benzene rings is 9. The van der Waals surface area contributed by atoms with Gasteiger partial charge in [0.1, 0.15) is 22.3 Å². The number of rotatable bonds is 4. The minimum atomic E-state index is 0.812. The molecule has 11 rings (SSSR count). The molecule has 0 bridgehead atoms. The van der Waals surface area contributed by atoms with Crippen molar-refractivity contribution in [1.82, 2.24) is 0 Å². The zero-order valence-electron chi connectivity index (χ0n) is 28.1. The molecule has 0 spiro atoms. The highest BCUT2D eigenvalue weighted by Gasteiger charge is 2.25. The summed E-state index contributed by atoms with van der Waals surface area (Å²) in [5.41, 5.74) is 12.8. The number of fused-ring (bicyclic) bond motifs is 8. The molecule has 2 aromatic heterocycles. The molecule has 0 amide bonds. The second-order valence-corrected chi connectivity index (χ2v) is 13.6. The van der Waals surface area contributed by atoms with Crippen molar-refractivity contribution in [3.63, 3.8) is 0 Å². The molecule has 242 valence electrons. The molecule has 0 aliphatic heterocycles. The van der Waals surface area contributed by atoms with Gasteiger partial charge in [0.25, 0.3) is 0 Å². The van der Waals surface area contributed by atoms with Crippen molar-refractivity contribution in [2.75, 3.05) is 0 Å². The van der Waals surface area contributed by atoms with Crippen LogP contribution in [-0.4, -0.2) is 0 Å². The molecule has 0 aliphatic carbocycles. The average molecular weight is 663 g/mol. The third-order valence-electron chi connectivity index (χ3n) is 10.7. The van der Waals surface area contributed by atoms with Crippen molar-refractivity contribution in [2.24, 2.45) is 0 Å². The number of hydrogen-bond acceptors (Lipinski definition) is 2. The van der Waals surface area contributed by atoms with E-state index in [9.17, 15) is 0 Å². The topological polar surface area (TPSA) is 26.3 Å². The van der Waals surface area contributed by atoms with E-state index in [1.807, 2.05) is 6.07 Å². The first-order valence-corrected chi connectivity index (χ1v) is 17.8. The van der Waals surface area contributed by atoms with Gasteiger partial charge in [-0.05, 0) is 84.8 Å². The lowest BCUT2D eigenvalue weighted by Gasteiger charge is -2.20. The van der Waals surface area contributed by atoms with Crippen molar-refractivity contribution >= 4 is 65.4 Å². The van der Waals surface area contributed by atoms with E-state index in [1.54, 1.807) is 0 Å². The van der Waals surface area contributed by atoms with E-state index in [0.717, 1.165) is 60.6 Å². The third kappa shape index (κ3) is 4.31. The van der Waals surface area contributed by atoms with Gasteiger partial charge < -0.3 is 8.83 Å². The van der Waals surface area contributed by atoms with Crippen molar-refractivity contribution < 1.29 is 8.83 Å². The van der Waals surface area contributed by atoms with Crippen molar-refractivity contribution in [2.45, 2.75) is 0 Å². The van der Waals surface area contributed by atoms with Gasteiger partial charge in [-0.3, -0.25) is 0 Å². The lowest BCUT2D eigenvalue weighted by atomic mass is 9.82. The van der Waals surface area contributed by atoms with Gasteiger partial charge in [0.05, 0.1) is 0 Å². The molecule has 0 fully saturated rings. The van der Waals surface area contributed by atoms with Gasteiger partial charge in [-0.25, -0.2) is 0 Å². The van der Waals surface area contributed by atoms with Crippen LogP contribution in [-0.2, 0) is 0 Å². The Labute approximate surface area is 299 Å². The second-order valence-electron chi connectivity index (χ2n) is 13.6. The van der Waals surface area contributed by atoms with Gasteiger partial charge in [0.15, 0.2) is 0 Å². The number of para-hydroxylation sites is 1. The summed E-state index contributed by atoms with van der Waals surface area (Å²) in [6.07, 6.45) is 0. The Kier molecular flexibility index (Phi) is 6.28. The minimum Gasteiger partial charge on any atom is -0.456 e. The molecule has 0 N–H and O–H groups in total. The molecular weight excluding hydrogens is 633 g/mol. The highest BCUT2D eigenvalue weighted by molar-refractivity contribution is 6.32. The lowest BCUT2D eigenvalue weighted by molar-refractivity contribution is 0.656. The predicted octanol–water partition coefficient (Wildman–Crippen LogP) is 14.5. The summed E-state index contributed by atoms with van der Waals surface area (Å²) in [4.78, 5) is 0. The van der Waals surface area contributed by atoms with Gasteiger partial charge >= 0.3 is 0 Å². The first-order valence-electron chi connectivity index (χ1n) is 17.8. The van der Waals surface area contributed by atoms with Crippen LogP contribution in [0.1, 0.15) is 0 Å². The van der Waals surface area contributed by atoms with Crippen LogP contribution >= 0.6 is 0 Å². The summed E-state index contributed by atoms with van der Waals surface area (Å²) < 4.78 is 13.5. The monoisotopic (exact) mass is 662 g/mol. The summed E-state index contributed by atoms with van der Waals surface area (Å²) in [6.45, 7) is 0. The van der Waals surface area contributed by atoms with E-state index < -0.39 is 0 Å². The maximum Gasteiger partial charge on any atom is 0.139 e. The van der Waals surface area contributed by atoms with Gasteiger partial charge in [-0.15, -0.1) is 0 Å². The molecule has 0 radical (unpaired) electrons. The zero-order chi connectivity index (χ0) is 34.2. The first kappa shape index (κ1) is 28.9. The van der Waals surface area contributed by atoms with Gasteiger partial charge in [-0.1, -0.05) is 152 Å². The van der Waals surface area contributed by atoms with Gasteiger partial charge in [0.2, 0.25) is 0 Å². The summed E-state index contributed by atoms with van der Waals surface area (Å²) in [5.74, 6) is 0. The lowest BCUT2D eigenvalue weighted by Crippen LogP contribution is -1.93. The molecule has 0 unspecified atom stereocenters. The van der Waals surface area contributed by atoms with Crippen molar-refractivity contribution in [1.29, 1.82) is 0 Å². The van der Waals surface area contributed by atoms with Gasteiger partial charge in [-0.2, -0.15) is 0 Å². The third-order valence-corrected chi connectivity index (χ3v) is 10.7. The fourth-order valence-corrected chi connectivity index (χ4v) is 8.38. The molecule has 2 heteroatoms. The van der Waals surface area contributed by atoms with Crippen LogP contribution in [0.2, 0.25) is 0 Å². The van der Waals surface area contributed by atoms with Crippen LogP contribution < -0.4 is 0 Å². The summed E-state index contributed by atoms with van der Waals surface area (Å²) in [7, 11) is 0. The highest BCUT2D eigenvalue weighted by Crippen LogP contribution is 2.52. The molecule has 52 heavy (non-hydrogen) atoms. The van der Waals surface area contributed by atoms with Crippen LogP contribution in [0, 0.1) is 0 Å². The molecule has 9 aromatic carbocycles. The smallest absolute Gasteiger partial charge is 0.139 e. The molecule has 2 nitrogen and oxygen atoms in total. The maximum atomic E-state index is 6.81. The Hall–Kier alpha value is -6.90. The molecular formula is C50H30O2. The van der Waals surface area contributed by atoms with E-state index in [0.29, 0.717) is 0 Å². The second kappa shape index (κ2) is 11.3. The molecule has 2 heterocycles. The Morgan fingerprint density at radius 3 is 1.35 bits per heavy atom. The Morgan fingerprint density at radius 1 is 0.231 bits per heavy atom. The van der Waals surface area contributed by atoms with E-state index >= 15 is 0 Å². The normalized spacial score (nSPS) is 11.8. The molecule has 0 aliphatic rings. The minimum absolute atomic E-state index is 0.812. The molecule has 0 atom stereocenters. The Bertz CT molecular complexity index is 3150. The van der Waals surface area contributed by atoms with Crippen LogP contribution in [0.4, 0.5) is 0 Å². The van der Waals surface area contributed by atoms with Crippen LogP contribution in [0.5, 0.6) is 0 Å². The van der Waals surface area contributed by atoms with Crippen molar-refractivity contribution in [3.8, 4) is 44.5 Å². The van der Waals surface area contributed by atoms with E-state index in [4.69, 9.17) is 8.83 Å². The van der Waals surface area contributed by atoms with Crippen LogP contribution in [0.15, 0.2) is 191 Å². The first-order chi connectivity index (χ1) is 25.8. The predicted molar refractivity (Wildman–Crippen MR) is 218 cm³/mol. The average Bonchev–Trinajstić information content (AvgIpc) is 3.77. The number of furan rings is 2. The number of hydrogen-bond donors (Lipinski definition) is 0. The highest BCUT2D eigenvalue weighted by atomic mass is 16.3. The molecule has 0 saturated carbocycles.